The van der Waals surface area contributed by atoms with Crippen molar-refractivity contribution in [2.24, 2.45) is 0 Å². The van der Waals surface area contributed by atoms with E-state index in [0.29, 0.717) is 48.2 Å². The summed E-state index contributed by atoms with van der Waals surface area (Å²) in [6.07, 6.45) is 15.0. The van der Waals surface area contributed by atoms with E-state index in [0.717, 1.165) is 141 Å². The second-order valence-electron chi connectivity index (χ2n) is 20.5. The second kappa shape index (κ2) is 24.0. The van der Waals surface area contributed by atoms with E-state index in [4.69, 9.17) is 15.0 Å². The number of halogens is 3. The predicted molar refractivity (Wildman–Crippen MR) is 304 cm³/mol. The molecular formula is C71H57F3IrN3. The van der Waals surface area contributed by atoms with Gasteiger partial charge < -0.3 is 15.0 Å². The average molecular weight is 1200 g/mol. The maximum Gasteiger partial charge on any atom is 3.00 e. The molecule has 0 unspecified atom stereocenters. The van der Waals surface area contributed by atoms with Gasteiger partial charge in [0.2, 0.25) is 0 Å². The Bertz CT molecular complexity index is 3650. The Morgan fingerprint density at radius 3 is 1.46 bits per heavy atom. The molecule has 0 N–H and O–H groups in total. The first kappa shape index (κ1) is 50.0. The predicted octanol–water partition coefficient (Wildman–Crippen LogP) is 18.2. The minimum Gasteiger partial charge on any atom is -0.304 e. The molecule has 0 bridgehead atoms. The molecule has 2 aliphatic carbocycles. The van der Waals surface area contributed by atoms with Gasteiger partial charge in [-0.2, -0.15) is 0 Å². The SMILES string of the molecule is [2H]C1(c2cc(-c3[c-]cc(F)cc3)ncc2CCc2cc(CCc3cnc(-c4[c-]cc(F)cc4)cc3C3([2H])CCCC3)cc(-c3cc(F)ccc3-c3cnc(-c4[c-]cccc4)cc3-c3ccc(-c4ccccc4)cc3)c2)CCCC1.[Ir+3]. The van der Waals surface area contributed by atoms with Crippen molar-refractivity contribution in [2.75, 3.05) is 0 Å². The zero-order chi connectivity index (χ0) is 53.9. The maximum atomic E-state index is 16.1. The van der Waals surface area contributed by atoms with Crippen molar-refractivity contribution in [3.63, 3.8) is 0 Å². The standard InChI is InChI=1S/C71H57F3N3.Ir/c72-60-31-27-55(28-32-60)69-41-64(51-13-7-8-14-51)57(44-75-69)21-19-47-37-48(20-22-58-45-76-70(56-29-33-61(73)34-30-56)42-65(58)52-15-9-10-16-52)39-59(38-47)66-40-62(74)35-36-63(66)68-46-77-71(54-17-5-2-6-18-54)43-67(68)53-25-23-50(24-26-53)49-11-3-1-4-12-49;/h1-6,11-12,17,23-27,29,31-46,51-52H,7-10,13-16,19-22H2;/q-3;+3/i51D,52D;. The van der Waals surface area contributed by atoms with Crippen LogP contribution in [0.1, 0.15) is 99.3 Å². The van der Waals surface area contributed by atoms with Crippen LogP contribution in [0.3, 0.4) is 0 Å². The summed E-state index contributed by atoms with van der Waals surface area (Å²) in [5, 5.41) is 0. The quantitative estimate of drug-likeness (QED) is 0.0960. The van der Waals surface area contributed by atoms with E-state index in [1.54, 1.807) is 18.2 Å². The molecule has 3 heterocycles. The molecule has 12 rings (SSSR count). The van der Waals surface area contributed by atoms with Crippen molar-refractivity contribution < 1.29 is 36.0 Å². The van der Waals surface area contributed by atoms with E-state index < -0.39 is 11.8 Å². The first-order valence-corrected chi connectivity index (χ1v) is 26.9. The average Bonchev–Trinajstić information content (AvgIpc) is 4.17. The summed E-state index contributed by atoms with van der Waals surface area (Å²) in [6.45, 7) is 0. The molecule has 3 aromatic heterocycles. The molecule has 0 saturated heterocycles. The van der Waals surface area contributed by atoms with Crippen molar-refractivity contribution in [3.8, 4) is 78.3 Å². The molecule has 0 amide bonds. The number of hydrogen-bond acceptors (Lipinski definition) is 3. The fourth-order valence-corrected chi connectivity index (χ4v) is 11.4. The van der Waals surface area contributed by atoms with Crippen LogP contribution in [0.15, 0.2) is 188 Å². The van der Waals surface area contributed by atoms with Gasteiger partial charge in [0.15, 0.2) is 0 Å². The third kappa shape index (κ3) is 11.8. The summed E-state index contributed by atoms with van der Waals surface area (Å²) >= 11 is 0. The van der Waals surface area contributed by atoms with Gasteiger partial charge in [0, 0.05) is 38.5 Å². The van der Waals surface area contributed by atoms with Crippen LogP contribution in [-0.4, -0.2) is 15.0 Å². The van der Waals surface area contributed by atoms with Gasteiger partial charge >= 0.3 is 20.1 Å². The Labute approximate surface area is 472 Å². The van der Waals surface area contributed by atoms with Crippen molar-refractivity contribution in [1.82, 2.24) is 15.0 Å². The molecule has 2 saturated carbocycles. The monoisotopic (exact) mass is 1200 g/mol. The van der Waals surface area contributed by atoms with Crippen molar-refractivity contribution >= 4 is 0 Å². The molecule has 2 fully saturated rings. The summed E-state index contributed by atoms with van der Waals surface area (Å²) in [7, 11) is 0. The van der Waals surface area contributed by atoms with E-state index in [1.165, 1.54) is 30.3 Å². The molecule has 78 heavy (non-hydrogen) atoms. The Balaban J connectivity index is 0.00000675. The van der Waals surface area contributed by atoms with Crippen LogP contribution >= 0.6 is 0 Å². The van der Waals surface area contributed by atoms with E-state index in [9.17, 15) is 11.5 Å². The summed E-state index contributed by atoms with van der Waals surface area (Å²) in [5.41, 5.74) is 17.7. The number of aromatic nitrogens is 3. The molecular weight excluding hydrogens is 1140 g/mol. The fourth-order valence-electron chi connectivity index (χ4n) is 11.4. The van der Waals surface area contributed by atoms with Crippen LogP contribution in [0.2, 0.25) is 0 Å². The number of hydrogen-bond donors (Lipinski definition) is 0. The number of nitrogens with zero attached hydrogens (tertiary/aromatic N) is 3. The van der Waals surface area contributed by atoms with Crippen LogP contribution in [0.4, 0.5) is 13.2 Å². The zero-order valence-electron chi connectivity index (χ0n) is 45.2. The van der Waals surface area contributed by atoms with Crippen LogP contribution in [0.5, 0.6) is 0 Å². The van der Waals surface area contributed by atoms with Crippen LogP contribution in [-0.2, 0) is 45.8 Å². The molecule has 10 aromatic rings. The summed E-state index contributed by atoms with van der Waals surface area (Å²) < 4.78 is 63.7. The third-order valence-electron chi connectivity index (χ3n) is 15.4. The number of rotatable bonds is 15. The van der Waals surface area contributed by atoms with Gasteiger partial charge in [-0.05, 0) is 165 Å². The Morgan fingerprint density at radius 1 is 0.410 bits per heavy atom. The zero-order valence-corrected chi connectivity index (χ0v) is 45.6. The number of pyridine rings is 3. The number of aryl methyl sites for hydroxylation is 4. The van der Waals surface area contributed by atoms with Gasteiger partial charge in [-0.15, -0.1) is 95.6 Å². The molecule has 0 spiro atoms. The maximum absolute atomic E-state index is 16.1. The minimum atomic E-state index is -0.775. The molecule has 3 nitrogen and oxygen atoms in total. The van der Waals surface area contributed by atoms with Crippen molar-refractivity contribution in [1.29, 1.82) is 0 Å². The first-order valence-electron chi connectivity index (χ1n) is 27.9. The Morgan fingerprint density at radius 2 is 0.910 bits per heavy atom. The molecule has 0 aliphatic heterocycles. The van der Waals surface area contributed by atoms with Gasteiger partial charge in [-0.3, -0.25) is 8.78 Å². The van der Waals surface area contributed by atoms with Gasteiger partial charge in [-0.25, -0.2) is 4.39 Å². The summed E-state index contributed by atoms with van der Waals surface area (Å²) in [6, 6.07) is 62.7. The largest absolute Gasteiger partial charge is 3.00 e. The smallest absolute Gasteiger partial charge is 0.304 e. The van der Waals surface area contributed by atoms with E-state index >= 15 is 4.39 Å². The van der Waals surface area contributed by atoms with E-state index in [1.807, 2.05) is 79.3 Å². The van der Waals surface area contributed by atoms with E-state index in [-0.39, 0.29) is 37.6 Å². The third-order valence-corrected chi connectivity index (χ3v) is 15.4. The fraction of sp³-hybridized carbons (Fsp3) is 0.197. The molecule has 0 atom stereocenters. The second-order valence-corrected chi connectivity index (χ2v) is 20.5. The van der Waals surface area contributed by atoms with Gasteiger partial charge in [0.05, 0.1) is 0 Å². The first-order chi connectivity index (χ1) is 38.5. The Hall–Kier alpha value is -7.57. The van der Waals surface area contributed by atoms with Gasteiger partial charge in [0.1, 0.15) is 5.82 Å². The number of benzene rings is 7. The molecule has 386 valence electrons. The Kier molecular flexibility index (Phi) is 15.4. The van der Waals surface area contributed by atoms with Crippen molar-refractivity contribution in [3.05, 3.63) is 257 Å². The van der Waals surface area contributed by atoms with Crippen LogP contribution in [0.25, 0.3) is 78.3 Å². The minimum absolute atomic E-state index is 0. The van der Waals surface area contributed by atoms with E-state index in [2.05, 4.69) is 78.9 Å². The normalized spacial score (nSPS) is 14.9. The summed E-state index contributed by atoms with van der Waals surface area (Å²) in [5.74, 6) is -2.64. The van der Waals surface area contributed by atoms with Gasteiger partial charge in [-0.1, -0.05) is 123 Å². The topological polar surface area (TPSA) is 38.7 Å². The molecule has 7 aromatic carbocycles. The molecule has 2 aliphatic rings. The van der Waals surface area contributed by atoms with Crippen molar-refractivity contribution in [2.45, 2.75) is 88.8 Å². The van der Waals surface area contributed by atoms with Crippen LogP contribution in [0, 0.1) is 35.7 Å². The molecule has 7 heteroatoms. The van der Waals surface area contributed by atoms with Gasteiger partial charge in [0.25, 0.3) is 0 Å². The molecule has 0 radical (unpaired) electrons. The summed E-state index contributed by atoms with van der Waals surface area (Å²) in [4.78, 5) is 14.8. The van der Waals surface area contributed by atoms with Crippen LogP contribution < -0.4 is 0 Å².